The summed E-state index contributed by atoms with van der Waals surface area (Å²) >= 11 is 6.59. The summed E-state index contributed by atoms with van der Waals surface area (Å²) in [6.45, 7) is 1.78. The number of hydrogen-bond acceptors (Lipinski definition) is 5. The lowest BCUT2D eigenvalue weighted by Gasteiger charge is -2.34. The number of benzene rings is 4. The van der Waals surface area contributed by atoms with Crippen LogP contribution < -0.4 is 14.4 Å². The van der Waals surface area contributed by atoms with E-state index in [2.05, 4.69) is 5.32 Å². The van der Waals surface area contributed by atoms with E-state index >= 15 is 0 Å². The van der Waals surface area contributed by atoms with Crippen molar-refractivity contribution in [2.24, 2.45) is 0 Å². The van der Waals surface area contributed by atoms with Crippen molar-refractivity contribution < 1.29 is 22.7 Å². The van der Waals surface area contributed by atoms with Crippen molar-refractivity contribution in [3.63, 3.8) is 0 Å². The molecule has 0 spiro atoms. The van der Waals surface area contributed by atoms with Crippen molar-refractivity contribution in [1.29, 1.82) is 0 Å². The molecule has 1 aliphatic carbocycles. The number of rotatable bonds is 14. The van der Waals surface area contributed by atoms with Crippen LogP contribution in [0.4, 0.5) is 5.69 Å². The Morgan fingerprint density at radius 2 is 1.49 bits per heavy atom. The number of carbonyl (C=O) groups excluding carboxylic acids is 2. The highest BCUT2D eigenvalue weighted by Gasteiger charge is 2.35. The summed E-state index contributed by atoms with van der Waals surface area (Å²) in [6, 6.07) is 30.3. The smallest absolute Gasteiger partial charge is 0.264 e. The van der Waals surface area contributed by atoms with Crippen LogP contribution in [0.25, 0.3) is 0 Å². The van der Waals surface area contributed by atoms with E-state index in [4.69, 9.17) is 16.3 Å². The van der Waals surface area contributed by atoms with Crippen LogP contribution in [0.2, 0.25) is 5.02 Å². The molecule has 10 heteroatoms. The van der Waals surface area contributed by atoms with E-state index in [9.17, 15) is 18.0 Å². The first-order valence-electron chi connectivity index (χ1n) is 15.9. The molecule has 8 nitrogen and oxygen atoms in total. The summed E-state index contributed by atoms with van der Waals surface area (Å²) in [7, 11) is -4.19. The number of carbonyl (C=O) groups is 2. The number of hydrogen-bond donors (Lipinski definition) is 1. The molecule has 1 fully saturated rings. The lowest BCUT2D eigenvalue weighted by molar-refractivity contribution is -0.140. The first kappa shape index (κ1) is 34.0. The maximum atomic E-state index is 14.6. The van der Waals surface area contributed by atoms with Gasteiger partial charge in [0.1, 0.15) is 18.3 Å². The van der Waals surface area contributed by atoms with Gasteiger partial charge in [0.05, 0.1) is 17.2 Å². The van der Waals surface area contributed by atoms with Gasteiger partial charge in [-0.1, -0.05) is 91.2 Å². The van der Waals surface area contributed by atoms with E-state index in [1.807, 2.05) is 49.4 Å². The lowest BCUT2D eigenvalue weighted by Crippen LogP contribution is -2.54. The fourth-order valence-corrected chi connectivity index (χ4v) is 7.49. The van der Waals surface area contributed by atoms with Crippen LogP contribution in [0.5, 0.6) is 5.75 Å². The molecule has 4 aromatic rings. The third-order valence-electron chi connectivity index (χ3n) is 8.32. The van der Waals surface area contributed by atoms with E-state index in [-0.39, 0.29) is 29.8 Å². The number of nitrogens with one attached hydrogen (secondary N) is 1. The average molecular weight is 674 g/mol. The maximum Gasteiger partial charge on any atom is 0.264 e. The second kappa shape index (κ2) is 16.0. The topological polar surface area (TPSA) is 96.0 Å². The van der Waals surface area contributed by atoms with Crippen molar-refractivity contribution in [2.75, 3.05) is 17.5 Å². The molecule has 1 atom stereocenters. The van der Waals surface area contributed by atoms with Gasteiger partial charge in [-0.15, -0.1) is 0 Å². The Morgan fingerprint density at radius 1 is 0.872 bits per heavy atom. The Kier molecular flexibility index (Phi) is 11.6. The Bertz CT molecular complexity index is 1730. The van der Waals surface area contributed by atoms with E-state index in [0.717, 1.165) is 35.6 Å². The SMILES string of the molecule is CCOc1ccc(N(CC(=O)N(Cc2ccccc2Cl)[C@@H](Cc2ccccc2)C(=O)NC2CCCC2)S(=O)(=O)c2ccccc2)cc1. The Balaban J connectivity index is 1.56. The fourth-order valence-electron chi connectivity index (χ4n) is 5.86. The van der Waals surface area contributed by atoms with Crippen LogP contribution in [0, 0.1) is 0 Å². The number of amides is 2. The summed E-state index contributed by atoms with van der Waals surface area (Å²) in [4.78, 5) is 30.3. The summed E-state index contributed by atoms with van der Waals surface area (Å²) in [5.74, 6) is -0.244. The molecular formula is C37H40ClN3O5S. The van der Waals surface area contributed by atoms with Crippen molar-refractivity contribution in [1.82, 2.24) is 10.2 Å². The number of anilines is 1. The van der Waals surface area contributed by atoms with Gasteiger partial charge in [-0.3, -0.25) is 13.9 Å². The molecule has 5 rings (SSSR count). The van der Waals surface area contributed by atoms with Gasteiger partial charge < -0.3 is 15.0 Å². The van der Waals surface area contributed by atoms with Crippen LogP contribution in [0.15, 0.2) is 114 Å². The standard InChI is InChI=1S/C37H40ClN3O5S/c1-2-46-32-23-21-31(22-24-32)41(47(44,45)33-18-7-4-8-19-33)27-36(42)40(26-29-15-9-12-20-34(29)38)35(25-28-13-5-3-6-14-28)37(43)39-30-16-10-11-17-30/h3-9,12-15,18-24,30,35H,2,10-11,16-17,25-27H2,1H3,(H,39,43)/t35-/m0/s1. The molecule has 0 unspecified atom stereocenters. The van der Waals surface area contributed by atoms with Crippen LogP contribution in [0.1, 0.15) is 43.7 Å². The quantitative estimate of drug-likeness (QED) is 0.162. The van der Waals surface area contributed by atoms with E-state index < -0.39 is 28.5 Å². The molecule has 1 aliphatic rings. The highest BCUT2D eigenvalue weighted by molar-refractivity contribution is 7.92. The first-order valence-corrected chi connectivity index (χ1v) is 17.8. The van der Waals surface area contributed by atoms with Crippen LogP contribution >= 0.6 is 11.6 Å². The van der Waals surface area contributed by atoms with E-state index in [0.29, 0.717) is 28.6 Å². The molecular weight excluding hydrogens is 634 g/mol. The van der Waals surface area contributed by atoms with E-state index in [1.54, 1.807) is 54.6 Å². The zero-order valence-corrected chi connectivity index (χ0v) is 28.0. The largest absolute Gasteiger partial charge is 0.494 e. The highest BCUT2D eigenvalue weighted by atomic mass is 35.5. The second-order valence-corrected chi connectivity index (χ2v) is 13.8. The minimum Gasteiger partial charge on any atom is -0.494 e. The Labute approximate surface area is 282 Å². The van der Waals surface area contributed by atoms with Gasteiger partial charge in [-0.25, -0.2) is 8.42 Å². The number of nitrogens with zero attached hydrogens (tertiary/aromatic N) is 2. The van der Waals surface area contributed by atoms with Crippen LogP contribution in [-0.4, -0.2) is 50.4 Å². The zero-order valence-electron chi connectivity index (χ0n) is 26.4. The maximum absolute atomic E-state index is 14.6. The molecule has 0 heterocycles. The number of ether oxygens (including phenoxy) is 1. The van der Waals surface area contributed by atoms with Crippen LogP contribution in [0.3, 0.4) is 0 Å². The van der Waals surface area contributed by atoms with Gasteiger partial charge in [0.2, 0.25) is 11.8 Å². The van der Waals surface area contributed by atoms with Gasteiger partial charge in [0.15, 0.2) is 0 Å². The molecule has 47 heavy (non-hydrogen) atoms. The van der Waals surface area contributed by atoms with Crippen molar-refractivity contribution in [3.05, 3.63) is 125 Å². The summed E-state index contributed by atoms with van der Waals surface area (Å²) in [6.07, 6.45) is 4.06. The molecule has 1 saturated carbocycles. The molecule has 1 N–H and O–H groups in total. The molecule has 246 valence electrons. The monoisotopic (exact) mass is 673 g/mol. The minimum absolute atomic E-state index is 0.0105. The van der Waals surface area contributed by atoms with Crippen molar-refractivity contribution in [3.8, 4) is 5.75 Å². The third kappa shape index (κ3) is 8.73. The zero-order chi connectivity index (χ0) is 33.2. The molecule has 0 aromatic heterocycles. The summed E-state index contributed by atoms with van der Waals surface area (Å²) < 4.78 is 35.0. The van der Waals surface area contributed by atoms with Gasteiger partial charge >= 0.3 is 0 Å². The predicted molar refractivity (Wildman–Crippen MR) is 185 cm³/mol. The minimum atomic E-state index is -4.19. The Hall–Kier alpha value is -4.34. The molecule has 0 saturated heterocycles. The molecule has 0 aliphatic heterocycles. The van der Waals surface area contributed by atoms with Crippen molar-refractivity contribution in [2.45, 2.75) is 62.6 Å². The van der Waals surface area contributed by atoms with Crippen LogP contribution in [-0.2, 0) is 32.6 Å². The highest BCUT2D eigenvalue weighted by Crippen LogP contribution is 2.28. The van der Waals surface area contributed by atoms with Gasteiger partial charge in [0, 0.05) is 24.0 Å². The third-order valence-corrected chi connectivity index (χ3v) is 10.5. The normalized spacial score (nSPS) is 13.9. The van der Waals surface area contributed by atoms with Gasteiger partial charge in [-0.05, 0) is 73.4 Å². The van der Waals surface area contributed by atoms with Gasteiger partial charge in [0.25, 0.3) is 10.0 Å². The summed E-state index contributed by atoms with van der Waals surface area (Å²) in [5, 5.41) is 3.63. The fraction of sp³-hybridized carbons (Fsp3) is 0.297. The van der Waals surface area contributed by atoms with Gasteiger partial charge in [-0.2, -0.15) is 0 Å². The number of sulfonamides is 1. The molecule has 2 amide bonds. The second-order valence-electron chi connectivity index (χ2n) is 11.6. The van der Waals surface area contributed by atoms with Crippen molar-refractivity contribution >= 4 is 39.1 Å². The van der Waals surface area contributed by atoms with E-state index in [1.165, 1.54) is 17.0 Å². The molecule has 4 aromatic carbocycles. The molecule has 0 radical (unpaired) electrons. The molecule has 0 bridgehead atoms. The Morgan fingerprint density at radius 3 is 2.13 bits per heavy atom. The first-order chi connectivity index (χ1) is 22.8. The predicted octanol–water partition coefficient (Wildman–Crippen LogP) is 6.63. The summed E-state index contributed by atoms with van der Waals surface area (Å²) in [5.41, 5.74) is 1.81. The lowest BCUT2D eigenvalue weighted by atomic mass is 10.0. The number of halogens is 1. The average Bonchev–Trinajstić information content (AvgIpc) is 3.60.